The summed E-state index contributed by atoms with van der Waals surface area (Å²) in [5.41, 5.74) is 4.98. The Morgan fingerprint density at radius 2 is 1.90 bits per heavy atom. The van der Waals surface area contributed by atoms with Gasteiger partial charge in [-0.1, -0.05) is 47.7 Å². The maximum atomic E-state index is 12.6. The van der Waals surface area contributed by atoms with Gasteiger partial charge >= 0.3 is 0 Å². The zero-order valence-corrected chi connectivity index (χ0v) is 19.5. The Hall–Kier alpha value is -2.19. The smallest absolute Gasteiger partial charge is 0.234 e. The van der Waals surface area contributed by atoms with Crippen LogP contribution >= 0.6 is 23.1 Å². The van der Waals surface area contributed by atoms with Gasteiger partial charge in [-0.15, -0.1) is 0 Å². The second-order valence-electron chi connectivity index (χ2n) is 8.11. The number of aromatic nitrogens is 3. The molecule has 1 N–H and O–H groups in total. The number of carbonyl (C=O) groups excluding carboxylic acids is 1. The molecule has 0 atom stereocenters. The lowest BCUT2D eigenvalue weighted by Crippen LogP contribution is -2.32. The number of nitrogens with zero attached hydrogens (tertiary/aromatic N) is 4. The monoisotopic (exact) mass is 441 g/mol. The Morgan fingerprint density at radius 3 is 2.60 bits per heavy atom. The highest BCUT2D eigenvalue weighted by Gasteiger charge is 2.21. The Morgan fingerprint density at radius 1 is 1.20 bits per heavy atom. The number of carbonyl (C=O) groups is 1. The summed E-state index contributed by atoms with van der Waals surface area (Å²) in [5.74, 6) is 1.05. The summed E-state index contributed by atoms with van der Waals surface area (Å²) in [5, 5.41) is 4.89. The SMILES string of the molecule is Cc1cc(C)c(NC(=O)CSc2ncnc3nc(N4CCC(C)CC4)sc23)c(C)c1. The molecule has 0 spiro atoms. The van der Waals surface area contributed by atoms with E-state index in [1.807, 2.05) is 13.8 Å². The summed E-state index contributed by atoms with van der Waals surface area (Å²) < 4.78 is 0.964. The minimum atomic E-state index is -0.0310. The summed E-state index contributed by atoms with van der Waals surface area (Å²) in [4.78, 5) is 28.4. The molecule has 0 unspecified atom stereocenters. The summed E-state index contributed by atoms with van der Waals surface area (Å²) in [7, 11) is 0. The highest BCUT2D eigenvalue weighted by Crippen LogP contribution is 2.35. The number of nitrogens with one attached hydrogen (secondary N) is 1. The number of thiazole rings is 1. The number of rotatable bonds is 5. The molecule has 6 nitrogen and oxygen atoms in total. The van der Waals surface area contributed by atoms with E-state index in [0.717, 1.165) is 56.3 Å². The van der Waals surface area contributed by atoms with E-state index in [2.05, 4.69) is 46.2 Å². The number of anilines is 2. The van der Waals surface area contributed by atoms with E-state index >= 15 is 0 Å². The molecule has 1 fully saturated rings. The lowest BCUT2D eigenvalue weighted by molar-refractivity contribution is -0.113. The van der Waals surface area contributed by atoms with Crippen molar-refractivity contribution in [3.63, 3.8) is 0 Å². The summed E-state index contributed by atoms with van der Waals surface area (Å²) in [6.45, 7) is 10.5. The van der Waals surface area contributed by atoms with Gasteiger partial charge in [0.15, 0.2) is 10.8 Å². The number of thioether (sulfide) groups is 1. The van der Waals surface area contributed by atoms with Crippen LogP contribution in [0.3, 0.4) is 0 Å². The van der Waals surface area contributed by atoms with Crippen LogP contribution in [0.2, 0.25) is 0 Å². The Labute approximate surface area is 185 Å². The van der Waals surface area contributed by atoms with Crippen LogP contribution in [0.5, 0.6) is 0 Å². The summed E-state index contributed by atoms with van der Waals surface area (Å²) in [6.07, 6.45) is 3.93. The van der Waals surface area contributed by atoms with Crippen molar-refractivity contribution in [1.29, 1.82) is 0 Å². The van der Waals surface area contributed by atoms with Gasteiger partial charge < -0.3 is 10.2 Å². The number of aryl methyl sites for hydroxylation is 3. The van der Waals surface area contributed by atoms with Gasteiger partial charge in [0, 0.05) is 18.8 Å². The van der Waals surface area contributed by atoms with E-state index in [0.29, 0.717) is 5.75 Å². The van der Waals surface area contributed by atoms with Crippen LogP contribution in [-0.2, 0) is 4.79 Å². The molecule has 0 radical (unpaired) electrons. The molecule has 3 aromatic rings. The van der Waals surface area contributed by atoms with Crippen molar-refractivity contribution in [1.82, 2.24) is 15.0 Å². The zero-order chi connectivity index (χ0) is 21.3. The van der Waals surface area contributed by atoms with E-state index in [4.69, 9.17) is 4.98 Å². The van der Waals surface area contributed by atoms with E-state index in [1.54, 1.807) is 17.7 Å². The van der Waals surface area contributed by atoms with Crippen molar-refractivity contribution >= 4 is 50.2 Å². The molecule has 0 aliphatic carbocycles. The standard InChI is InChI=1S/C22H27N5OS2/c1-13-5-7-27(8-6-13)22-26-20-19(30-22)21(24-12-23-20)29-11-17(28)25-18-15(3)9-14(2)10-16(18)4/h9-10,12-13H,5-8,11H2,1-4H3,(H,25,28). The van der Waals surface area contributed by atoms with Crippen LogP contribution in [0.1, 0.15) is 36.5 Å². The Bertz CT molecular complexity index is 1050. The van der Waals surface area contributed by atoms with Crippen LogP contribution in [0, 0.1) is 26.7 Å². The van der Waals surface area contributed by atoms with Crippen molar-refractivity contribution < 1.29 is 4.79 Å². The minimum Gasteiger partial charge on any atom is -0.348 e. The zero-order valence-electron chi connectivity index (χ0n) is 17.9. The lowest BCUT2D eigenvalue weighted by Gasteiger charge is -2.29. The van der Waals surface area contributed by atoms with Gasteiger partial charge in [0.25, 0.3) is 0 Å². The van der Waals surface area contributed by atoms with E-state index in [-0.39, 0.29) is 5.91 Å². The first kappa shape index (κ1) is 21.1. The molecule has 0 bridgehead atoms. The molecule has 1 saturated heterocycles. The average Bonchev–Trinajstić information content (AvgIpc) is 3.14. The van der Waals surface area contributed by atoms with E-state index in [9.17, 15) is 4.79 Å². The number of piperidine rings is 1. The number of benzene rings is 1. The van der Waals surface area contributed by atoms with Crippen molar-refractivity contribution in [3.8, 4) is 0 Å². The maximum Gasteiger partial charge on any atom is 0.234 e. The maximum absolute atomic E-state index is 12.6. The van der Waals surface area contributed by atoms with Crippen LogP contribution in [-0.4, -0.2) is 39.7 Å². The van der Waals surface area contributed by atoms with Gasteiger partial charge in [-0.25, -0.2) is 9.97 Å². The first-order chi connectivity index (χ1) is 14.4. The quantitative estimate of drug-likeness (QED) is 0.445. The van der Waals surface area contributed by atoms with Gasteiger partial charge in [0.2, 0.25) is 5.91 Å². The molecule has 30 heavy (non-hydrogen) atoms. The van der Waals surface area contributed by atoms with Crippen LogP contribution in [0.25, 0.3) is 10.3 Å². The normalized spacial score (nSPS) is 15.0. The highest BCUT2D eigenvalue weighted by atomic mass is 32.2. The molecule has 1 aliphatic heterocycles. The van der Waals surface area contributed by atoms with Gasteiger partial charge in [-0.3, -0.25) is 4.79 Å². The van der Waals surface area contributed by atoms with Gasteiger partial charge in [0.05, 0.1) is 5.75 Å². The molecule has 1 aromatic carbocycles. The first-order valence-corrected chi connectivity index (χ1v) is 12.1. The molecule has 3 heterocycles. The van der Waals surface area contributed by atoms with E-state index < -0.39 is 0 Å². The molecular weight excluding hydrogens is 414 g/mol. The number of amides is 1. The molecular formula is C22H27N5OS2. The lowest BCUT2D eigenvalue weighted by atomic mass is 10.00. The molecule has 1 amide bonds. The molecule has 158 valence electrons. The summed E-state index contributed by atoms with van der Waals surface area (Å²) in [6, 6.07) is 4.17. The molecule has 8 heteroatoms. The minimum absolute atomic E-state index is 0.0310. The van der Waals surface area contributed by atoms with Crippen LogP contribution < -0.4 is 10.2 Å². The van der Waals surface area contributed by atoms with Gasteiger partial charge in [-0.05, 0) is 50.7 Å². The third-order valence-electron chi connectivity index (χ3n) is 5.48. The molecule has 4 rings (SSSR count). The van der Waals surface area contributed by atoms with Crippen molar-refractivity contribution in [2.75, 3.05) is 29.1 Å². The van der Waals surface area contributed by atoms with Gasteiger partial charge in [-0.2, -0.15) is 4.98 Å². The molecule has 0 saturated carbocycles. The number of fused-ring (bicyclic) bond motifs is 1. The topological polar surface area (TPSA) is 71.0 Å². The fourth-order valence-corrected chi connectivity index (χ4v) is 5.79. The average molecular weight is 442 g/mol. The number of hydrogen-bond donors (Lipinski definition) is 1. The molecule has 1 aliphatic rings. The van der Waals surface area contributed by atoms with Crippen LogP contribution in [0.4, 0.5) is 10.8 Å². The first-order valence-electron chi connectivity index (χ1n) is 10.3. The Kier molecular flexibility index (Phi) is 6.24. The Balaban J connectivity index is 1.46. The third kappa shape index (κ3) is 4.59. The fourth-order valence-electron chi connectivity index (χ4n) is 3.85. The second-order valence-corrected chi connectivity index (χ2v) is 10.0. The fraction of sp³-hybridized carbons (Fsp3) is 0.455. The van der Waals surface area contributed by atoms with E-state index in [1.165, 1.54) is 30.2 Å². The second kappa shape index (κ2) is 8.89. The predicted octanol–water partition coefficient (Wildman–Crippen LogP) is 4.98. The molecule has 2 aromatic heterocycles. The number of hydrogen-bond acceptors (Lipinski definition) is 7. The van der Waals surface area contributed by atoms with Crippen molar-refractivity contribution in [2.45, 2.75) is 45.6 Å². The van der Waals surface area contributed by atoms with Gasteiger partial charge in [0.1, 0.15) is 16.1 Å². The third-order valence-corrected chi connectivity index (χ3v) is 7.71. The van der Waals surface area contributed by atoms with Crippen molar-refractivity contribution in [3.05, 3.63) is 35.2 Å². The largest absolute Gasteiger partial charge is 0.348 e. The predicted molar refractivity (Wildman–Crippen MR) is 126 cm³/mol. The van der Waals surface area contributed by atoms with Crippen LogP contribution in [0.15, 0.2) is 23.5 Å². The summed E-state index contributed by atoms with van der Waals surface area (Å²) >= 11 is 3.07. The highest BCUT2D eigenvalue weighted by molar-refractivity contribution is 8.00. The van der Waals surface area contributed by atoms with Crippen molar-refractivity contribution in [2.24, 2.45) is 5.92 Å².